The number of nitrogens with one attached hydrogen (secondary N) is 1. The molecule has 0 saturated carbocycles. The first kappa shape index (κ1) is 14.4. The van der Waals surface area contributed by atoms with Crippen molar-refractivity contribution in [2.24, 2.45) is 0 Å². The highest BCUT2D eigenvalue weighted by Crippen LogP contribution is 2.35. The summed E-state index contributed by atoms with van der Waals surface area (Å²) in [6.45, 7) is 0.601. The fraction of sp³-hybridized carbons (Fsp3) is 0.133. The fourth-order valence-electron chi connectivity index (χ4n) is 2.09. The minimum Gasteiger partial charge on any atom is -0.397 e. The van der Waals surface area contributed by atoms with E-state index in [4.69, 9.17) is 17.3 Å². The number of carbonyl (C=O) groups excluding carboxylic acids is 1. The molecule has 0 radical (unpaired) electrons. The lowest BCUT2D eigenvalue weighted by atomic mass is 10.2. The van der Waals surface area contributed by atoms with Gasteiger partial charge in [-0.25, -0.2) is 0 Å². The molecule has 6 heteroatoms. The molecule has 2 aromatic heterocycles. The average Bonchev–Trinajstić information content (AvgIpc) is 3.07. The highest BCUT2D eigenvalue weighted by molar-refractivity contribution is 7.21. The average molecular weight is 337 g/mol. The Morgan fingerprint density at radius 1 is 1.33 bits per heavy atom. The summed E-state index contributed by atoms with van der Waals surface area (Å²) >= 11 is 9.00. The van der Waals surface area contributed by atoms with Crippen LogP contribution >= 0.6 is 34.3 Å². The number of amides is 1. The summed E-state index contributed by atoms with van der Waals surface area (Å²) in [5.41, 5.74) is 7.82. The Bertz CT molecular complexity index is 780. The van der Waals surface area contributed by atoms with E-state index >= 15 is 0 Å². The molecule has 0 saturated heterocycles. The van der Waals surface area contributed by atoms with Crippen molar-refractivity contribution in [3.8, 4) is 0 Å². The highest BCUT2D eigenvalue weighted by atomic mass is 35.5. The third kappa shape index (κ3) is 3.05. The van der Waals surface area contributed by atoms with Gasteiger partial charge in [0.2, 0.25) is 0 Å². The summed E-state index contributed by atoms with van der Waals surface area (Å²) in [5.74, 6) is -0.125. The molecule has 0 aliphatic heterocycles. The number of benzene rings is 1. The first-order valence-electron chi connectivity index (χ1n) is 6.42. The number of hydrogen-bond acceptors (Lipinski definition) is 4. The van der Waals surface area contributed by atoms with E-state index in [9.17, 15) is 4.79 Å². The van der Waals surface area contributed by atoms with Gasteiger partial charge in [0, 0.05) is 21.7 Å². The molecule has 1 amide bonds. The minimum absolute atomic E-state index is 0.125. The number of nitrogens with two attached hydrogens (primary N) is 1. The van der Waals surface area contributed by atoms with Gasteiger partial charge < -0.3 is 11.1 Å². The summed E-state index contributed by atoms with van der Waals surface area (Å²) < 4.78 is 0.933. The molecule has 3 rings (SSSR count). The topological polar surface area (TPSA) is 55.1 Å². The van der Waals surface area contributed by atoms with Crippen molar-refractivity contribution >= 4 is 56.0 Å². The van der Waals surface area contributed by atoms with E-state index in [1.165, 1.54) is 16.9 Å². The van der Waals surface area contributed by atoms with Crippen LogP contribution in [0.3, 0.4) is 0 Å². The molecule has 3 N–H and O–H groups in total. The molecule has 0 aliphatic rings. The number of rotatable bonds is 4. The van der Waals surface area contributed by atoms with Gasteiger partial charge in [0.25, 0.3) is 5.91 Å². The number of halogens is 1. The maximum atomic E-state index is 12.2. The number of hydrogen-bond donors (Lipinski definition) is 2. The van der Waals surface area contributed by atoms with E-state index in [0.29, 0.717) is 22.1 Å². The van der Waals surface area contributed by atoms with Gasteiger partial charge in [0.05, 0.1) is 5.69 Å². The zero-order valence-electron chi connectivity index (χ0n) is 11.1. The van der Waals surface area contributed by atoms with Crippen LogP contribution in [0.4, 0.5) is 5.69 Å². The molecule has 0 fully saturated rings. The quantitative estimate of drug-likeness (QED) is 0.751. The number of nitrogen functional groups attached to an aromatic ring is 1. The Hall–Kier alpha value is -1.56. The first-order chi connectivity index (χ1) is 10.1. The van der Waals surface area contributed by atoms with Crippen molar-refractivity contribution in [1.29, 1.82) is 0 Å². The molecule has 3 aromatic rings. The van der Waals surface area contributed by atoms with Gasteiger partial charge in [-0.15, -0.1) is 11.3 Å². The molecular formula is C15H13ClN2OS2. The normalized spacial score (nSPS) is 10.9. The largest absolute Gasteiger partial charge is 0.397 e. The van der Waals surface area contributed by atoms with Crippen molar-refractivity contribution in [3.63, 3.8) is 0 Å². The van der Waals surface area contributed by atoms with Crippen molar-refractivity contribution in [1.82, 2.24) is 5.32 Å². The second-order valence-electron chi connectivity index (χ2n) is 4.62. The molecule has 3 nitrogen and oxygen atoms in total. The number of carbonyl (C=O) groups is 1. The summed E-state index contributed by atoms with van der Waals surface area (Å²) in [5, 5.41) is 8.56. The second kappa shape index (κ2) is 6.05. The van der Waals surface area contributed by atoms with Crippen LogP contribution in [0.15, 0.2) is 35.0 Å². The van der Waals surface area contributed by atoms with Crippen molar-refractivity contribution in [3.05, 3.63) is 50.5 Å². The molecule has 0 bridgehead atoms. The van der Waals surface area contributed by atoms with Crippen LogP contribution < -0.4 is 11.1 Å². The van der Waals surface area contributed by atoms with Crippen LogP contribution in [0, 0.1) is 0 Å². The van der Waals surface area contributed by atoms with Crippen LogP contribution in [0.1, 0.15) is 15.2 Å². The van der Waals surface area contributed by atoms with Crippen molar-refractivity contribution < 1.29 is 4.79 Å². The Labute approximate surface area is 135 Å². The summed E-state index contributed by atoms with van der Waals surface area (Å²) in [6, 6.07) is 7.53. The van der Waals surface area contributed by atoms with Crippen LogP contribution in [0.2, 0.25) is 5.02 Å². The van der Waals surface area contributed by atoms with Gasteiger partial charge in [-0.2, -0.15) is 11.3 Å². The van der Waals surface area contributed by atoms with E-state index in [1.807, 2.05) is 17.5 Å². The molecule has 108 valence electrons. The van der Waals surface area contributed by atoms with E-state index in [-0.39, 0.29) is 5.91 Å². The first-order valence-corrected chi connectivity index (χ1v) is 8.55. The third-order valence-corrected chi connectivity index (χ3v) is 5.31. The zero-order chi connectivity index (χ0) is 14.8. The molecule has 0 atom stereocenters. The molecular weight excluding hydrogens is 324 g/mol. The van der Waals surface area contributed by atoms with Crippen LogP contribution in [-0.2, 0) is 6.42 Å². The van der Waals surface area contributed by atoms with Gasteiger partial charge in [0.1, 0.15) is 4.88 Å². The van der Waals surface area contributed by atoms with Crippen molar-refractivity contribution in [2.45, 2.75) is 6.42 Å². The van der Waals surface area contributed by atoms with E-state index in [0.717, 1.165) is 16.5 Å². The maximum Gasteiger partial charge on any atom is 0.263 e. The van der Waals surface area contributed by atoms with Gasteiger partial charge in [0.15, 0.2) is 0 Å². The predicted octanol–water partition coefficient (Wildman–Crippen LogP) is 4.17. The standard InChI is InChI=1S/C15H13ClN2OS2/c16-10-1-2-11-12(7-10)21-14(13(11)17)15(19)18-5-3-9-4-6-20-8-9/h1-2,4,6-8H,3,5,17H2,(H,18,19). The molecule has 2 heterocycles. The molecule has 21 heavy (non-hydrogen) atoms. The molecule has 0 unspecified atom stereocenters. The van der Waals surface area contributed by atoms with Gasteiger partial charge >= 0.3 is 0 Å². The number of thiophene rings is 2. The lowest BCUT2D eigenvalue weighted by molar-refractivity contribution is 0.0959. The Balaban J connectivity index is 1.73. The SMILES string of the molecule is Nc1c(C(=O)NCCc2ccsc2)sc2cc(Cl)ccc12. The monoisotopic (exact) mass is 336 g/mol. The number of fused-ring (bicyclic) bond motifs is 1. The van der Waals surface area contributed by atoms with Crippen molar-refractivity contribution in [2.75, 3.05) is 12.3 Å². The van der Waals surface area contributed by atoms with E-state index in [2.05, 4.69) is 16.8 Å². The summed E-state index contributed by atoms with van der Waals surface area (Å²) in [4.78, 5) is 12.8. The second-order valence-corrected chi connectivity index (χ2v) is 6.89. The van der Waals surface area contributed by atoms with Gasteiger partial charge in [-0.1, -0.05) is 11.6 Å². The zero-order valence-corrected chi connectivity index (χ0v) is 13.4. The molecule has 1 aromatic carbocycles. The Morgan fingerprint density at radius 3 is 2.95 bits per heavy atom. The number of anilines is 1. The Morgan fingerprint density at radius 2 is 2.19 bits per heavy atom. The van der Waals surface area contributed by atoms with E-state index < -0.39 is 0 Å². The maximum absolute atomic E-state index is 12.2. The Kier molecular flexibility index (Phi) is 4.14. The lowest BCUT2D eigenvalue weighted by Gasteiger charge is -2.03. The minimum atomic E-state index is -0.125. The van der Waals surface area contributed by atoms with Crippen LogP contribution in [-0.4, -0.2) is 12.5 Å². The van der Waals surface area contributed by atoms with Gasteiger partial charge in [-0.05, 0) is 47.0 Å². The smallest absolute Gasteiger partial charge is 0.263 e. The third-order valence-electron chi connectivity index (χ3n) is 3.18. The predicted molar refractivity (Wildman–Crippen MR) is 91.6 cm³/mol. The van der Waals surface area contributed by atoms with Gasteiger partial charge in [-0.3, -0.25) is 4.79 Å². The molecule has 0 spiro atoms. The lowest BCUT2D eigenvalue weighted by Crippen LogP contribution is -2.25. The highest BCUT2D eigenvalue weighted by Gasteiger charge is 2.16. The van der Waals surface area contributed by atoms with Crippen LogP contribution in [0.5, 0.6) is 0 Å². The van der Waals surface area contributed by atoms with Crippen LogP contribution in [0.25, 0.3) is 10.1 Å². The summed E-state index contributed by atoms with van der Waals surface area (Å²) in [7, 11) is 0. The van der Waals surface area contributed by atoms with E-state index in [1.54, 1.807) is 17.4 Å². The fourth-order valence-corrected chi connectivity index (χ4v) is 4.11. The summed E-state index contributed by atoms with van der Waals surface area (Å²) in [6.07, 6.45) is 0.825. The molecule has 0 aliphatic carbocycles.